The second kappa shape index (κ2) is 5.63. The first-order valence-corrected chi connectivity index (χ1v) is 6.79. The Morgan fingerprint density at radius 3 is 2.67 bits per heavy atom. The molecular formula is C13H20N6O2. The third kappa shape index (κ3) is 3.26. The molecule has 1 N–H and O–H groups in total. The van der Waals surface area contributed by atoms with Crippen molar-refractivity contribution in [2.45, 2.75) is 46.2 Å². The van der Waals surface area contributed by atoms with E-state index >= 15 is 0 Å². The number of aromatic nitrogens is 6. The van der Waals surface area contributed by atoms with Crippen LogP contribution in [-0.2, 0) is 4.79 Å². The molecule has 0 spiro atoms. The van der Waals surface area contributed by atoms with Crippen molar-refractivity contribution < 1.29 is 9.90 Å². The largest absolute Gasteiger partial charge is 0.481 e. The van der Waals surface area contributed by atoms with Crippen molar-refractivity contribution in [3.05, 3.63) is 24.3 Å². The summed E-state index contributed by atoms with van der Waals surface area (Å²) in [7, 11) is 0. The number of rotatable bonds is 5. The fraction of sp³-hybridized carbons (Fsp3) is 0.615. The van der Waals surface area contributed by atoms with E-state index in [4.69, 9.17) is 5.11 Å². The number of carboxylic acids is 1. The Kier molecular flexibility index (Phi) is 4.06. The van der Waals surface area contributed by atoms with Gasteiger partial charge in [-0.2, -0.15) is 5.10 Å². The van der Waals surface area contributed by atoms with Gasteiger partial charge in [0, 0.05) is 12.4 Å². The van der Waals surface area contributed by atoms with Crippen molar-refractivity contribution in [3.63, 3.8) is 0 Å². The maximum atomic E-state index is 11.2. The summed E-state index contributed by atoms with van der Waals surface area (Å²) in [6.45, 7) is 7.86. The highest BCUT2D eigenvalue weighted by atomic mass is 16.4. The van der Waals surface area contributed by atoms with Crippen LogP contribution in [0.3, 0.4) is 0 Å². The quantitative estimate of drug-likeness (QED) is 0.897. The zero-order chi connectivity index (χ0) is 15.6. The molecule has 0 bridgehead atoms. The first-order valence-electron chi connectivity index (χ1n) is 6.79. The number of carboxylic acid groups (broad SMARTS) is 1. The molecule has 0 saturated carbocycles. The zero-order valence-electron chi connectivity index (χ0n) is 12.6. The molecule has 8 heteroatoms. The third-order valence-corrected chi connectivity index (χ3v) is 3.48. The van der Waals surface area contributed by atoms with E-state index in [1.807, 2.05) is 40.0 Å². The highest BCUT2D eigenvalue weighted by Crippen LogP contribution is 2.34. The summed E-state index contributed by atoms with van der Waals surface area (Å²) < 4.78 is 3.35. The number of aliphatic carboxylic acids is 1. The monoisotopic (exact) mass is 292 g/mol. The molecule has 0 aliphatic rings. The van der Waals surface area contributed by atoms with E-state index in [9.17, 15) is 4.79 Å². The number of hydrogen-bond acceptors (Lipinski definition) is 5. The first-order chi connectivity index (χ1) is 9.80. The molecule has 2 aromatic heterocycles. The lowest BCUT2D eigenvalue weighted by Gasteiger charge is -2.30. The summed E-state index contributed by atoms with van der Waals surface area (Å²) >= 11 is 0. The predicted molar refractivity (Wildman–Crippen MR) is 74.6 cm³/mol. The van der Waals surface area contributed by atoms with Gasteiger partial charge in [-0.25, -0.2) is 4.68 Å². The minimum Gasteiger partial charge on any atom is -0.481 e. The van der Waals surface area contributed by atoms with E-state index in [-0.39, 0.29) is 23.9 Å². The van der Waals surface area contributed by atoms with Crippen molar-refractivity contribution in [2.75, 3.05) is 0 Å². The second-order valence-corrected chi connectivity index (χ2v) is 6.12. The summed E-state index contributed by atoms with van der Waals surface area (Å²) in [6.07, 6.45) is 3.48. The zero-order valence-corrected chi connectivity index (χ0v) is 12.6. The fourth-order valence-electron chi connectivity index (χ4n) is 2.25. The molecule has 2 atom stereocenters. The van der Waals surface area contributed by atoms with Crippen molar-refractivity contribution in [2.24, 2.45) is 5.41 Å². The molecule has 2 aromatic rings. The molecule has 2 unspecified atom stereocenters. The average molecular weight is 292 g/mol. The van der Waals surface area contributed by atoms with Crippen LogP contribution in [0.1, 0.15) is 52.0 Å². The van der Waals surface area contributed by atoms with E-state index in [1.54, 1.807) is 15.6 Å². The van der Waals surface area contributed by atoms with Crippen LogP contribution in [0.4, 0.5) is 0 Å². The molecule has 8 nitrogen and oxygen atoms in total. The fourth-order valence-corrected chi connectivity index (χ4v) is 2.25. The summed E-state index contributed by atoms with van der Waals surface area (Å²) in [5, 5.41) is 25.2. The van der Waals surface area contributed by atoms with Gasteiger partial charge in [-0.15, -0.1) is 5.10 Å². The maximum Gasteiger partial charge on any atom is 0.305 e. The summed E-state index contributed by atoms with van der Waals surface area (Å²) in [6, 6.07) is 1.31. The Hall–Kier alpha value is -2.25. The molecule has 0 amide bonds. The Balaban J connectivity index is 2.39. The molecule has 21 heavy (non-hydrogen) atoms. The van der Waals surface area contributed by atoms with Gasteiger partial charge >= 0.3 is 5.97 Å². The van der Waals surface area contributed by atoms with Gasteiger partial charge in [0.1, 0.15) is 6.04 Å². The molecule has 114 valence electrons. The lowest BCUT2D eigenvalue weighted by molar-refractivity contribution is -0.138. The van der Waals surface area contributed by atoms with Crippen LogP contribution in [0.2, 0.25) is 0 Å². The van der Waals surface area contributed by atoms with Crippen molar-refractivity contribution in [1.29, 1.82) is 0 Å². The Morgan fingerprint density at radius 1 is 1.43 bits per heavy atom. The normalized spacial score (nSPS) is 14.9. The van der Waals surface area contributed by atoms with Gasteiger partial charge in [-0.1, -0.05) is 20.8 Å². The summed E-state index contributed by atoms with van der Waals surface area (Å²) in [5.41, 5.74) is -0.285. The number of hydrogen-bond donors (Lipinski definition) is 1. The predicted octanol–water partition coefficient (Wildman–Crippen LogP) is 1.54. The van der Waals surface area contributed by atoms with E-state index in [0.29, 0.717) is 5.82 Å². The van der Waals surface area contributed by atoms with E-state index < -0.39 is 5.97 Å². The van der Waals surface area contributed by atoms with Crippen LogP contribution in [-0.4, -0.2) is 41.1 Å². The van der Waals surface area contributed by atoms with Gasteiger partial charge in [-0.05, 0) is 28.8 Å². The molecule has 0 aliphatic heterocycles. The Morgan fingerprint density at radius 2 is 2.14 bits per heavy atom. The van der Waals surface area contributed by atoms with Crippen molar-refractivity contribution in [1.82, 2.24) is 30.0 Å². The van der Waals surface area contributed by atoms with Gasteiger partial charge in [0.25, 0.3) is 0 Å². The van der Waals surface area contributed by atoms with Gasteiger partial charge < -0.3 is 5.11 Å². The van der Waals surface area contributed by atoms with Gasteiger partial charge in [0.15, 0.2) is 5.82 Å². The molecule has 0 fully saturated rings. The van der Waals surface area contributed by atoms with E-state index in [2.05, 4.69) is 20.6 Å². The summed E-state index contributed by atoms with van der Waals surface area (Å²) in [4.78, 5) is 11.2. The smallest absolute Gasteiger partial charge is 0.305 e. The SMILES string of the molecule is CC(c1nnnn1C(CC(=O)O)C(C)(C)C)n1cccn1. The molecule has 0 aliphatic carbocycles. The van der Waals surface area contributed by atoms with Gasteiger partial charge in [0.05, 0.1) is 12.5 Å². The molecule has 0 saturated heterocycles. The van der Waals surface area contributed by atoms with Crippen LogP contribution < -0.4 is 0 Å². The molecule has 2 heterocycles. The molecule has 0 radical (unpaired) electrons. The minimum atomic E-state index is -0.872. The highest BCUT2D eigenvalue weighted by molar-refractivity contribution is 5.67. The topological polar surface area (TPSA) is 98.7 Å². The molecular weight excluding hydrogens is 272 g/mol. The average Bonchev–Trinajstić information content (AvgIpc) is 3.04. The molecule has 2 rings (SSSR count). The summed E-state index contributed by atoms with van der Waals surface area (Å²) in [5.74, 6) is -0.275. The maximum absolute atomic E-state index is 11.2. The van der Waals surface area contributed by atoms with E-state index in [1.165, 1.54) is 0 Å². The van der Waals surface area contributed by atoms with Crippen LogP contribution in [0.25, 0.3) is 0 Å². The van der Waals surface area contributed by atoms with Gasteiger partial charge in [-0.3, -0.25) is 9.48 Å². The standard InChI is InChI=1S/C13H20N6O2/c1-9(18-7-5-6-14-18)12-15-16-17-19(12)10(8-11(20)21)13(2,3)4/h5-7,9-10H,8H2,1-4H3,(H,20,21). The van der Waals surface area contributed by atoms with Gasteiger partial charge in [0.2, 0.25) is 0 Å². The van der Waals surface area contributed by atoms with Crippen LogP contribution in [0.5, 0.6) is 0 Å². The second-order valence-electron chi connectivity index (χ2n) is 6.12. The van der Waals surface area contributed by atoms with Crippen LogP contribution in [0, 0.1) is 5.41 Å². The van der Waals surface area contributed by atoms with Crippen molar-refractivity contribution >= 4 is 5.97 Å². The lowest BCUT2D eigenvalue weighted by Crippen LogP contribution is -2.30. The minimum absolute atomic E-state index is 0.0344. The van der Waals surface area contributed by atoms with Crippen molar-refractivity contribution in [3.8, 4) is 0 Å². The highest BCUT2D eigenvalue weighted by Gasteiger charge is 2.33. The van der Waals surface area contributed by atoms with Crippen LogP contribution in [0.15, 0.2) is 18.5 Å². The Bertz CT molecular complexity index is 598. The lowest BCUT2D eigenvalue weighted by atomic mass is 9.84. The Labute approximate surface area is 122 Å². The third-order valence-electron chi connectivity index (χ3n) is 3.48. The number of nitrogens with zero attached hydrogens (tertiary/aromatic N) is 6. The first kappa shape index (κ1) is 15.1. The number of tetrazole rings is 1. The molecule has 0 aromatic carbocycles. The van der Waals surface area contributed by atoms with E-state index in [0.717, 1.165) is 0 Å². The van der Waals surface area contributed by atoms with Crippen LogP contribution >= 0.6 is 0 Å². The number of carbonyl (C=O) groups is 1.